The first-order valence-corrected chi connectivity index (χ1v) is 10.3. The second-order valence-electron chi connectivity index (χ2n) is 6.63. The fraction of sp³-hybridized carbons (Fsp3) is 0.600. The third-order valence-corrected chi connectivity index (χ3v) is 6.04. The summed E-state index contributed by atoms with van der Waals surface area (Å²) in [6.07, 6.45) is 5.18. The van der Waals surface area contributed by atoms with Gasteiger partial charge in [0.2, 0.25) is 0 Å². The monoisotopic (exact) mass is 460 g/mol. The molecular formula is C20H29IO4. The molecule has 5 heteroatoms. The van der Waals surface area contributed by atoms with E-state index in [-0.39, 0.29) is 10.3 Å². The third kappa shape index (κ3) is 7.75. The predicted octanol–water partition coefficient (Wildman–Crippen LogP) is 4.97. The predicted molar refractivity (Wildman–Crippen MR) is 108 cm³/mol. The Morgan fingerprint density at radius 3 is 1.92 bits per heavy atom. The van der Waals surface area contributed by atoms with Crippen molar-refractivity contribution in [2.75, 3.05) is 0 Å². The molecule has 0 saturated heterocycles. The second kappa shape index (κ2) is 11.5. The molecule has 0 aliphatic heterocycles. The number of aliphatic carboxylic acids is 2. The second-order valence-corrected chi connectivity index (χ2v) is 8.23. The number of hydrogen-bond acceptors (Lipinski definition) is 2. The van der Waals surface area contributed by atoms with Crippen LogP contribution in [0, 0.1) is 11.8 Å². The molecule has 1 aromatic carbocycles. The minimum Gasteiger partial charge on any atom is -0.481 e. The van der Waals surface area contributed by atoms with E-state index in [1.54, 1.807) is 0 Å². The van der Waals surface area contributed by atoms with Crippen molar-refractivity contribution in [1.29, 1.82) is 0 Å². The van der Waals surface area contributed by atoms with Crippen LogP contribution in [0.5, 0.6) is 0 Å². The molecule has 3 atom stereocenters. The van der Waals surface area contributed by atoms with Crippen molar-refractivity contribution in [3.63, 3.8) is 0 Å². The Kier molecular flexibility index (Phi) is 10.1. The number of halogens is 1. The molecule has 0 aliphatic carbocycles. The van der Waals surface area contributed by atoms with Crippen LogP contribution in [0.3, 0.4) is 0 Å². The van der Waals surface area contributed by atoms with Crippen molar-refractivity contribution in [2.45, 2.75) is 62.7 Å². The van der Waals surface area contributed by atoms with E-state index in [1.807, 2.05) is 6.92 Å². The smallest absolute Gasteiger partial charge is 0.307 e. The van der Waals surface area contributed by atoms with Crippen LogP contribution in [0.15, 0.2) is 24.3 Å². The van der Waals surface area contributed by atoms with Gasteiger partial charge in [0.05, 0.1) is 11.8 Å². The topological polar surface area (TPSA) is 74.6 Å². The van der Waals surface area contributed by atoms with E-state index in [9.17, 15) is 19.8 Å². The van der Waals surface area contributed by atoms with Gasteiger partial charge < -0.3 is 10.2 Å². The maximum absolute atomic E-state index is 11.6. The first-order valence-electron chi connectivity index (χ1n) is 9.06. The maximum Gasteiger partial charge on any atom is 0.307 e. The van der Waals surface area contributed by atoms with Gasteiger partial charge in [0.15, 0.2) is 0 Å². The fourth-order valence-corrected chi connectivity index (χ4v) is 4.26. The molecular weight excluding hydrogens is 431 g/mol. The van der Waals surface area contributed by atoms with Crippen molar-refractivity contribution < 1.29 is 19.8 Å². The highest BCUT2D eigenvalue weighted by Crippen LogP contribution is 2.28. The Labute approximate surface area is 164 Å². The van der Waals surface area contributed by atoms with Crippen LogP contribution in [0.2, 0.25) is 0 Å². The SMILES string of the molecule is CCCc1ccc(CC[C@H](CC(C(=O)O)C(I)CCC)C(=O)O)cc1. The number of carboxylic acid groups (broad SMARTS) is 2. The lowest BCUT2D eigenvalue weighted by Crippen LogP contribution is -2.29. The van der Waals surface area contributed by atoms with E-state index in [0.29, 0.717) is 12.8 Å². The molecule has 0 bridgehead atoms. The van der Waals surface area contributed by atoms with E-state index in [2.05, 4.69) is 53.8 Å². The highest BCUT2D eigenvalue weighted by Gasteiger charge is 2.31. The standard InChI is InChI=1S/C20H29IO4/c1-3-5-14-7-9-15(10-8-14)11-12-16(19(22)23)13-17(20(24)25)18(21)6-4-2/h7-10,16-18H,3-6,11-13H2,1-2H3,(H,22,23)(H,24,25)/t16-,17?,18?/m1/s1. The maximum atomic E-state index is 11.6. The highest BCUT2D eigenvalue weighted by atomic mass is 127. The van der Waals surface area contributed by atoms with Crippen molar-refractivity contribution in [1.82, 2.24) is 0 Å². The van der Waals surface area contributed by atoms with Crippen LogP contribution in [-0.2, 0) is 22.4 Å². The Morgan fingerprint density at radius 2 is 1.48 bits per heavy atom. The van der Waals surface area contributed by atoms with Gasteiger partial charge in [-0.15, -0.1) is 0 Å². The quantitative estimate of drug-likeness (QED) is 0.341. The lowest BCUT2D eigenvalue weighted by Gasteiger charge is -2.22. The van der Waals surface area contributed by atoms with E-state index in [1.165, 1.54) is 5.56 Å². The summed E-state index contributed by atoms with van der Waals surface area (Å²) in [7, 11) is 0. The number of hydrogen-bond donors (Lipinski definition) is 2. The summed E-state index contributed by atoms with van der Waals surface area (Å²) >= 11 is 2.15. The molecule has 1 aromatic rings. The normalized spacial score (nSPS) is 14.7. The summed E-state index contributed by atoms with van der Waals surface area (Å²) in [6.45, 7) is 4.16. The van der Waals surface area contributed by atoms with Crippen molar-refractivity contribution in [3.8, 4) is 0 Å². The number of aryl methyl sites for hydroxylation is 2. The lowest BCUT2D eigenvalue weighted by molar-refractivity contribution is -0.145. The Balaban J connectivity index is 2.69. The molecule has 0 aliphatic rings. The summed E-state index contributed by atoms with van der Waals surface area (Å²) in [5.41, 5.74) is 2.40. The summed E-state index contributed by atoms with van der Waals surface area (Å²) in [4.78, 5) is 23.2. The molecule has 0 fully saturated rings. The number of carboxylic acids is 2. The van der Waals surface area contributed by atoms with Gasteiger partial charge in [-0.25, -0.2) is 0 Å². The van der Waals surface area contributed by atoms with Crippen LogP contribution >= 0.6 is 22.6 Å². The molecule has 2 N–H and O–H groups in total. The van der Waals surface area contributed by atoms with Gasteiger partial charge in [-0.3, -0.25) is 9.59 Å². The largest absolute Gasteiger partial charge is 0.481 e. The molecule has 0 saturated carbocycles. The molecule has 25 heavy (non-hydrogen) atoms. The van der Waals surface area contributed by atoms with Gasteiger partial charge in [0, 0.05) is 3.92 Å². The van der Waals surface area contributed by atoms with Crippen molar-refractivity contribution in [3.05, 3.63) is 35.4 Å². The molecule has 0 spiro atoms. The van der Waals surface area contributed by atoms with Crippen LogP contribution in [0.25, 0.3) is 0 Å². The minimum atomic E-state index is -0.894. The summed E-state index contributed by atoms with van der Waals surface area (Å²) in [6, 6.07) is 8.29. The number of rotatable bonds is 12. The average molecular weight is 460 g/mol. The Morgan fingerprint density at radius 1 is 0.920 bits per heavy atom. The van der Waals surface area contributed by atoms with Crippen molar-refractivity contribution in [2.24, 2.45) is 11.8 Å². The van der Waals surface area contributed by atoms with Gasteiger partial charge in [-0.05, 0) is 43.2 Å². The number of benzene rings is 1. The van der Waals surface area contributed by atoms with Crippen molar-refractivity contribution >= 4 is 34.5 Å². The molecule has 0 heterocycles. The van der Waals surface area contributed by atoms with Crippen LogP contribution < -0.4 is 0 Å². The van der Waals surface area contributed by atoms with Crippen LogP contribution in [-0.4, -0.2) is 26.1 Å². The molecule has 1 rings (SSSR count). The van der Waals surface area contributed by atoms with E-state index in [0.717, 1.165) is 31.2 Å². The molecule has 0 radical (unpaired) electrons. The van der Waals surface area contributed by atoms with Gasteiger partial charge in [0.1, 0.15) is 0 Å². The lowest BCUT2D eigenvalue weighted by atomic mass is 9.87. The molecule has 2 unspecified atom stereocenters. The first kappa shape index (κ1) is 21.9. The zero-order valence-corrected chi connectivity index (χ0v) is 17.2. The van der Waals surface area contributed by atoms with E-state index in [4.69, 9.17) is 0 Å². The van der Waals surface area contributed by atoms with Crippen LogP contribution in [0.4, 0.5) is 0 Å². The first-order chi connectivity index (χ1) is 11.9. The highest BCUT2D eigenvalue weighted by molar-refractivity contribution is 14.1. The molecule has 0 amide bonds. The fourth-order valence-electron chi connectivity index (χ4n) is 3.03. The molecule has 0 aromatic heterocycles. The van der Waals surface area contributed by atoms with Gasteiger partial charge in [-0.2, -0.15) is 0 Å². The molecule has 140 valence electrons. The Hall–Kier alpha value is -1.11. The van der Waals surface area contributed by atoms with Gasteiger partial charge in [0.25, 0.3) is 0 Å². The Bertz CT molecular complexity index is 541. The summed E-state index contributed by atoms with van der Waals surface area (Å²) in [5, 5.41) is 19.0. The van der Waals surface area contributed by atoms with Gasteiger partial charge >= 0.3 is 11.9 Å². The average Bonchev–Trinajstić information content (AvgIpc) is 2.56. The van der Waals surface area contributed by atoms with E-state index < -0.39 is 23.8 Å². The molecule has 4 nitrogen and oxygen atoms in total. The number of alkyl halides is 1. The summed E-state index contributed by atoms with van der Waals surface area (Å²) < 4.78 is -0.0322. The van der Waals surface area contributed by atoms with Gasteiger partial charge in [-0.1, -0.05) is 73.5 Å². The number of carbonyl (C=O) groups is 2. The summed E-state index contributed by atoms with van der Waals surface area (Å²) in [5.74, 6) is -3.00. The van der Waals surface area contributed by atoms with E-state index >= 15 is 0 Å². The van der Waals surface area contributed by atoms with Crippen LogP contribution in [0.1, 0.15) is 57.1 Å². The third-order valence-electron chi connectivity index (χ3n) is 4.55. The zero-order valence-electron chi connectivity index (χ0n) is 15.1. The minimum absolute atomic E-state index is 0.0322. The zero-order chi connectivity index (χ0) is 18.8.